The standard InChI is InChI=1S/C16H23NO2/c1-10(2)15-12-8-14(19-6)13(18-5)7-11(12)9-16(3,4)17-15/h7-8,17H,9H2,1-6H3. The van der Waals surface area contributed by atoms with E-state index < -0.39 is 0 Å². The molecule has 0 amide bonds. The van der Waals surface area contributed by atoms with Gasteiger partial charge in [-0.15, -0.1) is 0 Å². The molecule has 0 saturated heterocycles. The Morgan fingerprint density at radius 2 is 1.68 bits per heavy atom. The fourth-order valence-electron chi connectivity index (χ4n) is 2.62. The van der Waals surface area contributed by atoms with Gasteiger partial charge in [-0.2, -0.15) is 0 Å². The molecule has 0 spiro atoms. The number of methoxy groups -OCH3 is 2. The smallest absolute Gasteiger partial charge is 0.161 e. The van der Waals surface area contributed by atoms with Crippen molar-refractivity contribution in [2.45, 2.75) is 39.7 Å². The average molecular weight is 261 g/mol. The molecule has 2 rings (SSSR count). The largest absolute Gasteiger partial charge is 0.493 e. The predicted octanol–water partition coefficient (Wildman–Crippen LogP) is 3.38. The van der Waals surface area contributed by atoms with Crippen molar-refractivity contribution in [1.82, 2.24) is 5.32 Å². The average Bonchev–Trinajstić information content (AvgIpc) is 2.35. The van der Waals surface area contributed by atoms with Crippen LogP contribution in [0.4, 0.5) is 0 Å². The van der Waals surface area contributed by atoms with E-state index in [9.17, 15) is 0 Å². The van der Waals surface area contributed by atoms with Gasteiger partial charge in [0.25, 0.3) is 0 Å². The molecule has 1 heterocycles. The highest BCUT2D eigenvalue weighted by Gasteiger charge is 2.29. The zero-order chi connectivity index (χ0) is 14.2. The lowest BCUT2D eigenvalue weighted by molar-refractivity contribution is 0.352. The van der Waals surface area contributed by atoms with Crippen LogP contribution < -0.4 is 14.8 Å². The van der Waals surface area contributed by atoms with E-state index in [0.29, 0.717) is 0 Å². The molecule has 0 bridgehead atoms. The fraction of sp³-hybridized carbons (Fsp3) is 0.500. The maximum Gasteiger partial charge on any atom is 0.161 e. The summed E-state index contributed by atoms with van der Waals surface area (Å²) in [7, 11) is 3.35. The highest BCUT2D eigenvalue weighted by atomic mass is 16.5. The molecule has 0 fully saturated rings. The third-order valence-electron chi connectivity index (χ3n) is 3.47. The summed E-state index contributed by atoms with van der Waals surface area (Å²) in [5.74, 6) is 1.58. The maximum absolute atomic E-state index is 5.41. The third kappa shape index (κ3) is 2.55. The number of ether oxygens (including phenoxy) is 2. The van der Waals surface area contributed by atoms with Gasteiger partial charge in [0.05, 0.1) is 14.2 Å². The molecule has 3 heteroatoms. The van der Waals surface area contributed by atoms with Crippen molar-refractivity contribution < 1.29 is 9.47 Å². The first-order valence-electron chi connectivity index (χ1n) is 6.59. The Morgan fingerprint density at radius 1 is 1.11 bits per heavy atom. The van der Waals surface area contributed by atoms with Gasteiger partial charge in [-0.25, -0.2) is 0 Å². The molecule has 1 aromatic carbocycles. The van der Waals surface area contributed by atoms with Crippen LogP contribution in [0.25, 0.3) is 5.70 Å². The van der Waals surface area contributed by atoms with Crippen LogP contribution in [0, 0.1) is 0 Å². The molecule has 104 valence electrons. The Balaban J connectivity index is 2.65. The second kappa shape index (κ2) is 4.80. The van der Waals surface area contributed by atoms with Gasteiger partial charge < -0.3 is 14.8 Å². The monoisotopic (exact) mass is 261 g/mol. The molecule has 3 nitrogen and oxygen atoms in total. The molecule has 0 unspecified atom stereocenters. The Morgan fingerprint density at radius 3 is 2.21 bits per heavy atom. The van der Waals surface area contributed by atoms with Gasteiger partial charge in [0.15, 0.2) is 11.5 Å². The van der Waals surface area contributed by atoms with Crippen molar-refractivity contribution in [3.8, 4) is 11.5 Å². The lowest BCUT2D eigenvalue weighted by atomic mass is 9.84. The summed E-state index contributed by atoms with van der Waals surface area (Å²) in [4.78, 5) is 0. The Hall–Kier alpha value is -1.64. The predicted molar refractivity (Wildman–Crippen MR) is 78.7 cm³/mol. The molecule has 0 aromatic heterocycles. The van der Waals surface area contributed by atoms with Crippen molar-refractivity contribution in [1.29, 1.82) is 0 Å². The van der Waals surface area contributed by atoms with Crippen LogP contribution >= 0.6 is 0 Å². The quantitative estimate of drug-likeness (QED) is 0.885. The summed E-state index contributed by atoms with van der Waals surface area (Å²) in [6, 6.07) is 4.17. The summed E-state index contributed by atoms with van der Waals surface area (Å²) in [6.45, 7) is 8.69. The van der Waals surface area contributed by atoms with Crippen LogP contribution in [0.2, 0.25) is 0 Å². The van der Waals surface area contributed by atoms with Crippen LogP contribution in [-0.4, -0.2) is 19.8 Å². The zero-order valence-corrected chi connectivity index (χ0v) is 12.7. The molecule has 1 aromatic rings. The lowest BCUT2D eigenvalue weighted by Crippen LogP contribution is -2.44. The molecule has 1 aliphatic heterocycles. The minimum atomic E-state index is 0.0548. The Labute approximate surface area is 115 Å². The number of hydrogen-bond donors (Lipinski definition) is 1. The van der Waals surface area contributed by atoms with E-state index in [1.165, 1.54) is 22.4 Å². The minimum absolute atomic E-state index is 0.0548. The fourth-order valence-corrected chi connectivity index (χ4v) is 2.62. The van der Waals surface area contributed by atoms with Gasteiger partial charge in [0.2, 0.25) is 0 Å². The van der Waals surface area contributed by atoms with Crippen LogP contribution in [0.3, 0.4) is 0 Å². The molecule has 0 atom stereocenters. The first-order chi connectivity index (χ1) is 8.88. The second-order valence-corrected chi connectivity index (χ2v) is 5.92. The normalized spacial score (nSPS) is 16.4. The summed E-state index contributed by atoms with van der Waals surface area (Å²) >= 11 is 0. The molecule has 1 N–H and O–H groups in total. The third-order valence-corrected chi connectivity index (χ3v) is 3.47. The van der Waals surface area contributed by atoms with Gasteiger partial charge >= 0.3 is 0 Å². The van der Waals surface area contributed by atoms with E-state index in [2.05, 4.69) is 45.1 Å². The maximum atomic E-state index is 5.41. The molecule has 0 aliphatic carbocycles. The molecule has 19 heavy (non-hydrogen) atoms. The molecule has 0 radical (unpaired) electrons. The summed E-state index contributed by atoms with van der Waals surface area (Å²) < 4.78 is 10.8. The number of fused-ring (bicyclic) bond motifs is 1. The molecular formula is C16H23NO2. The van der Waals surface area contributed by atoms with E-state index in [4.69, 9.17) is 9.47 Å². The van der Waals surface area contributed by atoms with Crippen molar-refractivity contribution >= 4 is 5.70 Å². The van der Waals surface area contributed by atoms with E-state index in [1.807, 2.05) is 0 Å². The first kappa shape index (κ1) is 13.8. The second-order valence-electron chi connectivity index (χ2n) is 5.92. The van der Waals surface area contributed by atoms with Crippen LogP contribution in [-0.2, 0) is 6.42 Å². The van der Waals surface area contributed by atoms with Crippen molar-refractivity contribution in [3.63, 3.8) is 0 Å². The minimum Gasteiger partial charge on any atom is -0.493 e. The van der Waals surface area contributed by atoms with E-state index in [-0.39, 0.29) is 5.54 Å². The summed E-state index contributed by atoms with van der Waals surface area (Å²) in [5, 5.41) is 3.62. The first-order valence-corrected chi connectivity index (χ1v) is 6.59. The van der Waals surface area contributed by atoms with Crippen molar-refractivity contribution in [3.05, 3.63) is 28.8 Å². The highest BCUT2D eigenvalue weighted by Crippen LogP contribution is 2.38. The molecule has 1 aliphatic rings. The van der Waals surface area contributed by atoms with Crippen LogP contribution in [0.5, 0.6) is 11.5 Å². The van der Waals surface area contributed by atoms with Gasteiger partial charge in [-0.1, -0.05) is 5.57 Å². The van der Waals surface area contributed by atoms with Gasteiger partial charge in [-0.3, -0.25) is 0 Å². The van der Waals surface area contributed by atoms with Crippen LogP contribution in [0.1, 0.15) is 38.8 Å². The lowest BCUT2D eigenvalue weighted by Gasteiger charge is -2.37. The Bertz CT molecular complexity index is 526. The molecule has 0 saturated carbocycles. The van der Waals surface area contributed by atoms with Gasteiger partial charge in [-0.05, 0) is 51.8 Å². The van der Waals surface area contributed by atoms with E-state index >= 15 is 0 Å². The summed E-state index contributed by atoms with van der Waals surface area (Å²) in [6.07, 6.45) is 0.972. The van der Waals surface area contributed by atoms with Gasteiger partial charge in [0, 0.05) is 16.8 Å². The SMILES string of the molecule is COc1cc2c(cc1OC)C(=C(C)C)NC(C)(C)C2. The zero-order valence-electron chi connectivity index (χ0n) is 12.7. The number of benzene rings is 1. The van der Waals surface area contributed by atoms with E-state index in [0.717, 1.165) is 17.9 Å². The van der Waals surface area contributed by atoms with Crippen molar-refractivity contribution in [2.24, 2.45) is 0 Å². The van der Waals surface area contributed by atoms with Crippen molar-refractivity contribution in [2.75, 3.05) is 14.2 Å². The molecular weight excluding hydrogens is 238 g/mol. The highest BCUT2D eigenvalue weighted by molar-refractivity contribution is 5.74. The van der Waals surface area contributed by atoms with E-state index in [1.54, 1.807) is 14.2 Å². The Kier molecular flexibility index (Phi) is 3.48. The number of nitrogens with one attached hydrogen (secondary N) is 1. The number of rotatable bonds is 2. The summed E-state index contributed by atoms with van der Waals surface area (Å²) in [5.41, 5.74) is 5.06. The topological polar surface area (TPSA) is 30.5 Å². The van der Waals surface area contributed by atoms with Crippen LogP contribution in [0.15, 0.2) is 17.7 Å². The number of hydrogen-bond acceptors (Lipinski definition) is 3. The number of allylic oxidation sites excluding steroid dienone is 1. The van der Waals surface area contributed by atoms with Gasteiger partial charge in [0.1, 0.15) is 0 Å².